The smallest absolute Gasteiger partial charge is 0.409 e. The Morgan fingerprint density at radius 3 is 2.35 bits per heavy atom. The first kappa shape index (κ1) is 24.8. The number of carbonyl (C=O) groups is 1. The van der Waals surface area contributed by atoms with Crippen molar-refractivity contribution in [1.82, 2.24) is 9.21 Å². The zero-order valence-electron chi connectivity index (χ0n) is 19.6. The van der Waals surface area contributed by atoms with Gasteiger partial charge in [-0.25, -0.2) is 17.5 Å². The van der Waals surface area contributed by atoms with Crippen LogP contribution in [0, 0.1) is 29.6 Å². The predicted octanol–water partition coefficient (Wildman–Crippen LogP) is 3.60. The molecule has 0 spiro atoms. The van der Waals surface area contributed by atoms with E-state index in [0.717, 1.165) is 76.2 Å². The van der Waals surface area contributed by atoms with Gasteiger partial charge in [0.05, 0.1) is 12.4 Å². The first-order valence-corrected chi connectivity index (χ1v) is 13.9. The number of hydrogen-bond acceptors (Lipinski definition) is 5. The number of nitrogens with zero attached hydrogens (tertiary/aromatic N) is 2. The lowest BCUT2D eigenvalue weighted by Gasteiger charge is -2.32. The summed E-state index contributed by atoms with van der Waals surface area (Å²) < 4.78 is 36.8. The SMILES string of the molecule is CCS(=O)(=O)N1CCC(COCC[C@@H]2C[C@@H]2C2CCN(C(=O)OCC(C)C)CC2)CC1. The Morgan fingerprint density at radius 1 is 1.06 bits per heavy atom. The van der Waals surface area contributed by atoms with E-state index in [9.17, 15) is 13.2 Å². The molecule has 0 aromatic rings. The van der Waals surface area contributed by atoms with Crippen molar-refractivity contribution in [3.63, 3.8) is 0 Å². The summed E-state index contributed by atoms with van der Waals surface area (Å²) in [6, 6.07) is 0. The summed E-state index contributed by atoms with van der Waals surface area (Å²) in [5.74, 6) is 3.38. The second-order valence-electron chi connectivity index (χ2n) is 10.1. The highest BCUT2D eigenvalue weighted by molar-refractivity contribution is 7.89. The molecule has 0 unspecified atom stereocenters. The maximum Gasteiger partial charge on any atom is 0.409 e. The summed E-state index contributed by atoms with van der Waals surface area (Å²) in [5.41, 5.74) is 0. The van der Waals surface area contributed by atoms with E-state index in [0.29, 0.717) is 31.5 Å². The molecule has 2 saturated heterocycles. The molecule has 0 radical (unpaired) electrons. The molecule has 1 aliphatic carbocycles. The molecule has 3 aliphatic rings. The van der Waals surface area contributed by atoms with Gasteiger partial charge in [0.2, 0.25) is 10.0 Å². The van der Waals surface area contributed by atoms with Crippen LogP contribution in [0.25, 0.3) is 0 Å². The average Bonchev–Trinajstić information content (AvgIpc) is 3.55. The zero-order valence-corrected chi connectivity index (χ0v) is 20.4. The fourth-order valence-electron chi connectivity index (χ4n) is 5.04. The van der Waals surface area contributed by atoms with Crippen LogP contribution in [0.1, 0.15) is 59.3 Å². The highest BCUT2D eigenvalue weighted by atomic mass is 32.2. The van der Waals surface area contributed by atoms with Gasteiger partial charge in [-0.3, -0.25) is 0 Å². The minimum absolute atomic E-state index is 0.147. The molecule has 0 aromatic carbocycles. The molecule has 0 N–H and O–H groups in total. The summed E-state index contributed by atoms with van der Waals surface area (Å²) in [6.07, 6.45) is 6.29. The Balaban J connectivity index is 1.23. The maximum absolute atomic E-state index is 12.1. The van der Waals surface area contributed by atoms with Gasteiger partial charge in [0.1, 0.15) is 0 Å². The number of carbonyl (C=O) groups excluding carboxylic acids is 1. The van der Waals surface area contributed by atoms with Gasteiger partial charge in [-0.05, 0) is 75.0 Å². The Bertz CT molecular complexity index is 667. The van der Waals surface area contributed by atoms with E-state index in [-0.39, 0.29) is 11.8 Å². The van der Waals surface area contributed by atoms with Crippen molar-refractivity contribution in [3.8, 4) is 0 Å². The fourth-order valence-corrected chi connectivity index (χ4v) is 6.17. The van der Waals surface area contributed by atoms with Gasteiger partial charge >= 0.3 is 6.09 Å². The zero-order chi connectivity index (χ0) is 22.4. The number of sulfonamides is 1. The van der Waals surface area contributed by atoms with E-state index >= 15 is 0 Å². The molecule has 3 rings (SSSR count). The van der Waals surface area contributed by atoms with Crippen LogP contribution < -0.4 is 0 Å². The standard InChI is InChI=1S/C23H42N2O5S/c1-4-31(27,28)25-12-5-19(6-13-25)17-29-14-9-21-15-22(21)20-7-10-24(11-8-20)23(26)30-16-18(2)3/h18-22H,4-17H2,1-3H3/t21-,22-/m1/s1. The minimum Gasteiger partial charge on any atom is -0.449 e. The van der Waals surface area contributed by atoms with Gasteiger partial charge in [0.15, 0.2) is 0 Å². The highest BCUT2D eigenvalue weighted by Crippen LogP contribution is 2.49. The number of amides is 1. The third-order valence-corrected chi connectivity index (χ3v) is 9.12. The number of hydrogen-bond donors (Lipinski definition) is 0. The molecular formula is C23H42N2O5S. The van der Waals surface area contributed by atoms with Gasteiger partial charge in [-0.2, -0.15) is 0 Å². The number of rotatable bonds is 10. The molecule has 1 amide bonds. The number of piperidine rings is 2. The van der Waals surface area contributed by atoms with Gasteiger partial charge in [-0.15, -0.1) is 0 Å². The lowest BCUT2D eigenvalue weighted by atomic mass is 9.91. The van der Waals surface area contributed by atoms with Crippen molar-refractivity contribution in [2.45, 2.75) is 59.3 Å². The minimum atomic E-state index is -3.04. The summed E-state index contributed by atoms with van der Waals surface area (Å²) >= 11 is 0. The van der Waals surface area contributed by atoms with E-state index in [1.165, 1.54) is 6.42 Å². The summed E-state index contributed by atoms with van der Waals surface area (Å²) in [6.45, 7) is 10.8. The van der Waals surface area contributed by atoms with Crippen LogP contribution in [0.15, 0.2) is 0 Å². The normalized spacial score (nSPS) is 26.4. The monoisotopic (exact) mass is 458 g/mol. The lowest BCUT2D eigenvalue weighted by molar-refractivity contribution is 0.0709. The third kappa shape index (κ3) is 7.32. The van der Waals surface area contributed by atoms with E-state index in [1.54, 1.807) is 11.2 Å². The van der Waals surface area contributed by atoms with Crippen molar-refractivity contribution in [2.24, 2.45) is 29.6 Å². The topological polar surface area (TPSA) is 76.2 Å². The predicted molar refractivity (Wildman–Crippen MR) is 121 cm³/mol. The van der Waals surface area contributed by atoms with Gasteiger partial charge in [0, 0.05) is 39.4 Å². The largest absolute Gasteiger partial charge is 0.449 e. The van der Waals surface area contributed by atoms with Crippen LogP contribution in [0.2, 0.25) is 0 Å². The van der Waals surface area contributed by atoms with Crippen LogP contribution in [-0.4, -0.2) is 75.5 Å². The van der Waals surface area contributed by atoms with E-state index in [4.69, 9.17) is 9.47 Å². The first-order valence-electron chi connectivity index (χ1n) is 12.3. The van der Waals surface area contributed by atoms with Gasteiger partial charge < -0.3 is 14.4 Å². The second-order valence-corrected chi connectivity index (χ2v) is 12.3. The molecule has 7 nitrogen and oxygen atoms in total. The maximum atomic E-state index is 12.1. The van der Waals surface area contributed by atoms with Crippen LogP contribution in [0.4, 0.5) is 4.79 Å². The van der Waals surface area contributed by atoms with Crippen LogP contribution in [0.3, 0.4) is 0 Å². The molecule has 0 bridgehead atoms. The molecule has 2 heterocycles. The Morgan fingerprint density at radius 2 is 1.74 bits per heavy atom. The molecule has 31 heavy (non-hydrogen) atoms. The van der Waals surface area contributed by atoms with Crippen molar-refractivity contribution < 1.29 is 22.7 Å². The molecule has 2 aliphatic heterocycles. The molecule has 8 heteroatoms. The molecule has 3 fully saturated rings. The lowest BCUT2D eigenvalue weighted by Crippen LogP contribution is -2.40. The van der Waals surface area contributed by atoms with E-state index in [1.807, 2.05) is 4.90 Å². The van der Waals surface area contributed by atoms with Crippen LogP contribution in [-0.2, 0) is 19.5 Å². The highest BCUT2D eigenvalue weighted by Gasteiger charge is 2.43. The van der Waals surface area contributed by atoms with Crippen molar-refractivity contribution in [1.29, 1.82) is 0 Å². The summed E-state index contributed by atoms with van der Waals surface area (Å²) in [7, 11) is -3.04. The summed E-state index contributed by atoms with van der Waals surface area (Å²) in [4.78, 5) is 14.0. The van der Waals surface area contributed by atoms with Crippen LogP contribution in [0.5, 0.6) is 0 Å². The molecule has 2 atom stereocenters. The average molecular weight is 459 g/mol. The fraction of sp³-hybridized carbons (Fsp3) is 0.957. The molecule has 0 aromatic heterocycles. The van der Waals surface area contributed by atoms with Crippen LogP contribution >= 0.6 is 0 Å². The van der Waals surface area contributed by atoms with Crippen molar-refractivity contribution >= 4 is 16.1 Å². The van der Waals surface area contributed by atoms with Gasteiger partial charge in [-0.1, -0.05) is 13.8 Å². The Labute approximate surface area is 188 Å². The Hall–Kier alpha value is -0.860. The quantitative estimate of drug-likeness (QED) is 0.468. The molecular weight excluding hydrogens is 416 g/mol. The van der Waals surface area contributed by atoms with E-state index < -0.39 is 10.0 Å². The second kappa shape index (κ2) is 11.3. The third-order valence-electron chi connectivity index (χ3n) is 7.24. The molecule has 180 valence electrons. The van der Waals surface area contributed by atoms with E-state index in [2.05, 4.69) is 13.8 Å². The first-order chi connectivity index (χ1) is 14.8. The van der Waals surface area contributed by atoms with Gasteiger partial charge in [0.25, 0.3) is 0 Å². The Kier molecular flexibility index (Phi) is 9.05. The van der Waals surface area contributed by atoms with Crippen molar-refractivity contribution in [3.05, 3.63) is 0 Å². The summed E-state index contributed by atoms with van der Waals surface area (Å²) in [5, 5.41) is 0. The number of likely N-dealkylation sites (tertiary alicyclic amines) is 1. The molecule has 1 saturated carbocycles. The van der Waals surface area contributed by atoms with Crippen molar-refractivity contribution in [2.75, 3.05) is 51.8 Å². The number of ether oxygens (including phenoxy) is 2.